The van der Waals surface area contributed by atoms with Crippen molar-refractivity contribution in [1.29, 1.82) is 0 Å². The Morgan fingerprint density at radius 2 is 2.00 bits per heavy atom. The van der Waals surface area contributed by atoms with Crippen molar-refractivity contribution < 1.29 is 15.0 Å². The van der Waals surface area contributed by atoms with E-state index in [4.69, 9.17) is 5.11 Å². The Bertz CT molecular complexity index is 685. The molecule has 0 bridgehead atoms. The molecule has 6 nitrogen and oxygen atoms in total. The maximum Gasteiger partial charge on any atom is 0.230 e. The molecule has 136 valence electrons. The third kappa shape index (κ3) is 5.81. The molecule has 7 heteroatoms. The van der Waals surface area contributed by atoms with Crippen LogP contribution in [0.5, 0.6) is 0 Å². The third-order valence-corrected chi connectivity index (χ3v) is 4.99. The van der Waals surface area contributed by atoms with Gasteiger partial charge >= 0.3 is 0 Å². The fraction of sp³-hybridized carbons (Fsp3) is 0.444. The molecule has 0 fully saturated rings. The van der Waals surface area contributed by atoms with Crippen LogP contribution in [0.25, 0.3) is 0 Å². The first-order valence-electron chi connectivity index (χ1n) is 8.23. The molecule has 1 aromatic carbocycles. The molecule has 0 radical (unpaired) electrons. The highest BCUT2D eigenvalue weighted by molar-refractivity contribution is 7.15. The lowest BCUT2D eigenvalue weighted by Crippen LogP contribution is -2.31. The van der Waals surface area contributed by atoms with E-state index >= 15 is 0 Å². The highest BCUT2D eigenvalue weighted by Gasteiger charge is 2.11. The quantitative estimate of drug-likeness (QED) is 0.670. The lowest BCUT2D eigenvalue weighted by atomic mass is 10.1. The van der Waals surface area contributed by atoms with Gasteiger partial charge < -0.3 is 20.4 Å². The zero-order valence-corrected chi connectivity index (χ0v) is 15.6. The van der Waals surface area contributed by atoms with E-state index in [0.717, 1.165) is 16.1 Å². The number of carbonyl (C=O) groups is 1. The smallest absolute Gasteiger partial charge is 0.230 e. The Morgan fingerprint density at radius 1 is 1.32 bits per heavy atom. The number of aliphatic hydroxyl groups is 2. The van der Waals surface area contributed by atoms with Crippen LogP contribution in [-0.2, 0) is 11.2 Å². The number of likely N-dealkylation sites (N-methyl/N-ethyl adjacent to an activating group) is 1. The SMILES string of the molecule is CC(C)c1cnc(NC(=O)Cc2ccc(N(C)CC(O)CO)cc2)s1. The third-order valence-electron chi connectivity index (χ3n) is 3.78. The van der Waals surface area contributed by atoms with Crippen LogP contribution in [0.2, 0.25) is 0 Å². The van der Waals surface area contributed by atoms with Crippen molar-refractivity contribution >= 4 is 28.1 Å². The maximum atomic E-state index is 12.1. The zero-order valence-electron chi connectivity index (χ0n) is 14.8. The van der Waals surface area contributed by atoms with E-state index in [-0.39, 0.29) is 18.9 Å². The van der Waals surface area contributed by atoms with Crippen LogP contribution in [0.15, 0.2) is 30.5 Å². The minimum Gasteiger partial charge on any atom is -0.394 e. The number of benzene rings is 1. The zero-order chi connectivity index (χ0) is 18.4. The summed E-state index contributed by atoms with van der Waals surface area (Å²) in [4.78, 5) is 19.4. The fourth-order valence-corrected chi connectivity index (χ4v) is 3.14. The second kappa shape index (κ2) is 8.94. The first-order chi connectivity index (χ1) is 11.9. The van der Waals surface area contributed by atoms with Crippen LogP contribution in [0, 0.1) is 0 Å². The molecule has 0 saturated heterocycles. The molecular weight excluding hydrogens is 338 g/mol. The molecule has 2 rings (SSSR count). The number of amides is 1. The van der Waals surface area contributed by atoms with Crippen LogP contribution in [0.3, 0.4) is 0 Å². The summed E-state index contributed by atoms with van der Waals surface area (Å²) in [7, 11) is 1.84. The van der Waals surface area contributed by atoms with Crippen molar-refractivity contribution in [2.75, 3.05) is 30.4 Å². The van der Waals surface area contributed by atoms with Crippen molar-refractivity contribution in [3.8, 4) is 0 Å². The highest BCUT2D eigenvalue weighted by atomic mass is 32.1. The van der Waals surface area contributed by atoms with E-state index in [0.29, 0.717) is 17.6 Å². The number of thiazole rings is 1. The van der Waals surface area contributed by atoms with Gasteiger partial charge in [0.1, 0.15) is 0 Å². The van der Waals surface area contributed by atoms with Gasteiger partial charge in [-0.1, -0.05) is 26.0 Å². The van der Waals surface area contributed by atoms with Gasteiger partial charge in [-0.2, -0.15) is 0 Å². The summed E-state index contributed by atoms with van der Waals surface area (Å²) < 4.78 is 0. The molecule has 2 aromatic rings. The Kier molecular flexibility index (Phi) is 6.92. The maximum absolute atomic E-state index is 12.1. The summed E-state index contributed by atoms with van der Waals surface area (Å²) in [5.74, 6) is 0.304. The van der Waals surface area contributed by atoms with Crippen molar-refractivity contribution in [2.45, 2.75) is 32.3 Å². The topological polar surface area (TPSA) is 85.7 Å². The molecule has 1 unspecified atom stereocenters. The molecular formula is C18H25N3O3S. The van der Waals surface area contributed by atoms with E-state index < -0.39 is 6.10 Å². The van der Waals surface area contributed by atoms with Crippen molar-refractivity contribution in [3.05, 3.63) is 40.9 Å². The normalized spacial score (nSPS) is 12.2. The highest BCUT2D eigenvalue weighted by Crippen LogP contribution is 2.25. The van der Waals surface area contributed by atoms with Gasteiger partial charge in [0, 0.05) is 30.4 Å². The second-order valence-electron chi connectivity index (χ2n) is 6.33. The minimum absolute atomic E-state index is 0.0959. The van der Waals surface area contributed by atoms with E-state index in [1.54, 1.807) is 6.20 Å². The van der Waals surface area contributed by atoms with Crippen LogP contribution >= 0.6 is 11.3 Å². The van der Waals surface area contributed by atoms with Crippen LogP contribution in [-0.4, -0.2) is 47.4 Å². The van der Waals surface area contributed by atoms with Crippen LogP contribution < -0.4 is 10.2 Å². The predicted molar refractivity (Wildman–Crippen MR) is 101 cm³/mol. The molecule has 0 aliphatic rings. The largest absolute Gasteiger partial charge is 0.394 e. The summed E-state index contributed by atoms with van der Waals surface area (Å²) in [6.07, 6.45) is 1.31. The number of anilines is 2. The average Bonchev–Trinajstić information content (AvgIpc) is 3.03. The molecule has 1 aromatic heterocycles. The van der Waals surface area contributed by atoms with E-state index in [9.17, 15) is 9.90 Å². The van der Waals surface area contributed by atoms with Gasteiger partial charge in [-0.25, -0.2) is 4.98 Å². The average molecular weight is 363 g/mol. The predicted octanol–water partition coefficient (Wildman–Crippen LogP) is 2.24. The van der Waals surface area contributed by atoms with Gasteiger partial charge in [0.05, 0.1) is 19.1 Å². The molecule has 1 atom stereocenters. The van der Waals surface area contributed by atoms with Crippen molar-refractivity contribution in [1.82, 2.24) is 4.98 Å². The van der Waals surface area contributed by atoms with Gasteiger partial charge in [-0.15, -0.1) is 11.3 Å². The summed E-state index contributed by atoms with van der Waals surface area (Å²) in [5.41, 5.74) is 1.82. The van der Waals surface area contributed by atoms with Crippen molar-refractivity contribution in [2.24, 2.45) is 0 Å². The number of aliphatic hydroxyl groups excluding tert-OH is 2. The molecule has 25 heavy (non-hydrogen) atoms. The number of hydrogen-bond donors (Lipinski definition) is 3. The number of nitrogens with one attached hydrogen (secondary N) is 1. The van der Waals surface area contributed by atoms with Gasteiger partial charge in [-0.05, 0) is 23.6 Å². The number of hydrogen-bond acceptors (Lipinski definition) is 6. The standard InChI is InChI=1S/C18H25N3O3S/c1-12(2)16-9-19-18(25-16)20-17(24)8-13-4-6-14(7-5-13)21(3)10-15(23)11-22/h4-7,9,12,15,22-23H,8,10-11H2,1-3H3,(H,19,20,24). The summed E-state index contributed by atoms with van der Waals surface area (Å²) in [6.45, 7) is 4.27. The summed E-state index contributed by atoms with van der Waals surface area (Å²) >= 11 is 1.50. The van der Waals surface area contributed by atoms with Gasteiger partial charge in [0.2, 0.25) is 5.91 Å². The van der Waals surface area contributed by atoms with Gasteiger partial charge in [0.25, 0.3) is 0 Å². The lowest BCUT2D eigenvalue weighted by Gasteiger charge is -2.21. The molecule has 0 spiro atoms. The van der Waals surface area contributed by atoms with Crippen LogP contribution in [0.1, 0.15) is 30.2 Å². The lowest BCUT2D eigenvalue weighted by molar-refractivity contribution is -0.115. The van der Waals surface area contributed by atoms with E-state index in [2.05, 4.69) is 24.1 Å². The Morgan fingerprint density at radius 3 is 2.56 bits per heavy atom. The summed E-state index contributed by atoms with van der Waals surface area (Å²) in [5, 5.41) is 21.9. The molecule has 3 N–H and O–H groups in total. The van der Waals surface area contributed by atoms with Gasteiger partial charge in [-0.3, -0.25) is 4.79 Å². The molecule has 1 heterocycles. The Balaban J connectivity index is 1.90. The fourth-order valence-electron chi connectivity index (χ4n) is 2.31. The Labute approximate surface area is 152 Å². The number of nitrogens with zero attached hydrogens (tertiary/aromatic N) is 2. The summed E-state index contributed by atoms with van der Waals surface area (Å²) in [6, 6.07) is 7.57. The number of carbonyl (C=O) groups excluding carboxylic acids is 1. The minimum atomic E-state index is -0.774. The molecule has 1 amide bonds. The van der Waals surface area contributed by atoms with Crippen molar-refractivity contribution in [3.63, 3.8) is 0 Å². The monoisotopic (exact) mass is 363 g/mol. The number of rotatable bonds is 8. The molecule has 0 aliphatic carbocycles. The Hall–Kier alpha value is -1.96. The number of aromatic nitrogens is 1. The first kappa shape index (κ1) is 19.4. The van der Waals surface area contributed by atoms with Crippen LogP contribution in [0.4, 0.5) is 10.8 Å². The van der Waals surface area contributed by atoms with Gasteiger partial charge in [0.15, 0.2) is 5.13 Å². The van der Waals surface area contributed by atoms with E-state index in [1.165, 1.54) is 11.3 Å². The first-order valence-corrected chi connectivity index (χ1v) is 9.05. The second-order valence-corrected chi connectivity index (χ2v) is 7.39. The molecule has 0 saturated carbocycles. The molecule has 0 aliphatic heterocycles. The van der Waals surface area contributed by atoms with E-state index in [1.807, 2.05) is 36.2 Å².